The molecule has 3 rings (SSSR count). The van der Waals surface area contributed by atoms with E-state index in [-0.39, 0.29) is 5.91 Å². The number of rotatable bonds is 4. The summed E-state index contributed by atoms with van der Waals surface area (Å²) in [6.07, 6.45) is 2.16. The molecule has 1 aliphatic rings. The fourth-order valence-corrected chi connectivity index (χ4v) is 3.29. The van der Waals surface area contributed by atoms with Gasteiger partial charge < -0.3 is 9.64 Å². The summed E-state index contributed by atoms with van der Waals surface area (Å²) in [6.45, 7) is 0.574. The van der Waals surface area contributed by atoms with Gasteiger partial charge in [0.15, 0.2) is 6.10 Å². The van der Waals surface area contributed by atoms with Gasteiger partial charge in [0.05, 0.1) is 0 Å². The van der Waals surface area contributed by atoms with E-state index >= 15 is 0 Å². The average molecular weight is 348 g/mol. The number of halogens is 1. The van der Waals surface area contributed by atoms with Crippen molar-refractivity contribution in [2.75, 3.05) is 13.3 Å². The van der Waals surface area contributed by atoms with Crippen molar-refractivity contribution in [3.63, 3.8) is 0 Å². The van der Waals surface area contributed by atoms with Crippen molar-refractivity contribution in [3.8, 4) is 5.75 Å². The molecule has 0 saturated carbocycles. The molecule has 5 heteroatoms. The minimum absolute atomic E-state index is 0.00809. The van der Waals surface area contributed by atoms with Gasteiger partial charge in [-0.1, -0.05) is 23.7 Å². The van der Waals surface area contributed by atoms with Crippen LogP contribution in [0.4, 0.5) is 0 Å². The maximum absolute atomic E-state index is 12.6. The largest absolute Gasteiger partial charge is 0.480 e. The van der Waals surface area contributed by atoms with Crippen molar-refractivity contribution < 1.29 is 9.53 Å². The third kappa shape index (κ3) is 3.65. The number of nitrogens with zero attached hydrogens (tertiary/aromatic N) is 1. The highest BCUT2D eigenvalue weighted by Crippen LogP contribution is 2.31. The lowest BCUT2D eigenvalue weighted by atomic mass is 10.1. The number of likely N-dealkylation sites (N-methyl/N-ethyl adjacent to an activating group) is 1. The summed E-state index contributed by atoms with van der Waals surface area (Å²) >= 11 is 7.70. The molecule has 0 bridgehead atoms. The number of carbonyl (C=O) groups is 1. The molecule has 1 amide bonds. The Morgan fingerprint density at radius 1 is 1.30 bits per heavy atom. The molecular formula is C18H18ClNO2S. The molecule has 0 fully saturated rings. The summed E-state index contributed by atoms with van der Waals surface area (Å²) in [6, 6.07) is 13.7. The minimum Gasteiger partial charge on any atom is -0.480 e. The van der Waals surface area contributed by atoms with Crippen LogP contribution in [0.3, 0.4) is 0 Å². The van der Waals surface area contributed by atoms with Gasteiger partial charge in [-0.25, -0.2) is 0 Å². The molecular weight excluding hydrogens is 330 g/mol. The van der Waals surface area contributed by atoms with Gasteiger partial charge >= 0.3 is 0 Å². The molecule has 0 saturated heterocycles. The van der Waals surface area contributed by atoms with Gasteiger partial charge in [-0.2, -0.15) is 0 Å². The molecule has 120 valence electrons. The molecule has 23 heavy (non-hydrogen) atoms. The van der Waals surface area contributed by atoms with Gasteiger partial charge in [0.25, 0.3) is 5.91 Å². The summed E-state index contributed by atoms with van der Waals surface area (Å²) < 4.78 is 5.77. The molecule has 1 unspecified atom stereocenters. The lowest BCUT2D eigenvalue weighted by Crippen LogP contribution is -2.38. The second kappa shape index (κ2) is 6.85. The molecule has 3 nitrogen and oxygen atoms in total. The van der Waals surface area contributed by atoms with E-state index in [4.69, 9.17) is 16.3 Å². The first-order chi connectivity index (χ1) is 11.1. The standard InChI is InChI=1S/C18H18ClNO2S/c1-20(11-12-3-6-15(23-2)7-4-12)18(21)17-10-13-9-14(19)5-8-16(13)22-17/h3-9,17H,10-11H2,1-2H3. The number of benzene rings is 2. The fourth-order valence-electron chi connectivity index (χ4n) is 2.68. The van der Waals surface area contributed by atoms with Crippen LogP contribution in [0.2, 0.25) is 5.02 Å². The Labute approximate surface area is 145 Å². The number of fused-ring (bicyclic) bond motifs is 1. The van der Waals surface area contributed by atoms with E-state index in [0.29, 0.717) is 18.0 Å². The van der Waals surface area contributed by atoms with E-state index in [1.807, 2.05) is 25.4 Å². The Hall–Kier alpha value is -1.65. The number of hydrogen-bond donors (Lipinski definition) is 0. The van der Waals surface area contributed by atoms with E-state index in [2.05, 4.69) is 24.3 Å². The topological polar surface area (TPSA) is 29.5 Å². The molecule has 1 heterocycles. The Balaban J connectivity index is 1.64. The van der Waals surface area contributed by atoms with Crippen LogP contribution in [0.1, 0.15) is 11.1 Å². The minimum atomic E-state index is -0.459. The van der Waals surface area contributed by atoms with Crippen LogP contribution in [-0.4, -0.2) is 30.2 Å². The lowest BCUT2D eigenvalue weighted by Gasteiger charge is -2.21. The van der Waals surface area contributed by atoms with E-state index < -0.39 is 6.10 Å². The van der Waals surface area contributed by atoms with Crippen molar-refractivity contribution in [1.29, 1.82) is 0 Å². The van der Waals surface area contributed by atoms with Crippen LogP contribution in [-0.2, 0) is 17.8 Å². The highest BCUT2D eigenvalue weighted by Gasteiger charge is 2.31. The van der Waals surface area contributed by atoms with Gasteiger partial charge in [-0.15, -0.1) is 11.8 Å². The number of carbonyl (C=O) groups excluding carboxylic acids is 1. The van der Waals surface area contributed by atoms with Crippen LogP contribution in [0.15, 0.2) is 47.4 Å². The monoisotopic (exact) mass is 347 g/mol. The van der Waals surface area contributed by atoms with Gasteiger partial charge in [-0.3, -0.25) is 4.79 Å². The molecule has 0 N–H and O–H groups in total. The maximum Gasteiger partial charge on any atom is 0.264 e. The third-order valence-corrected chi connectivity index (χ3v) is 4.91. The molecule has 1 atom stereocenters. The maximum atomic E-state index is 12.6. The van der Waals surface area contributed by atoms with Gasteiger partial charge in [0.1, 0.15) is 5.75 Å². The van der Waals surface area contributed by atoms with Crippen molar-refractivity contribution in [2.45, 2.75) is 24.0 Å². The Kier molecular flexibility index (Phi) is 4.83. The zero-order valence-electron chi connectivity index (χ0n) is 13.1. The average Bonchev–Trinajstić information content (AvgIpc) is 2.97. The smallest absolute Gasteiger partial charge is 0.264 e. The second-order valence-corrected chi connectivity index (χ2v) is 6.92. The van der Waals surface area contributed by atoms with Gasteiger partial charge in [0, 0.05) is 29.9 Å². The molecule has 0 spiro atoms. The molecule has 0 radical (unpaired) electrons. The first-order valence-electron chi connectivity index (χ1n) is 7.40. The van der Waals surface area contributed by atoms with Crippen molar-refractivity contribution in [2.24, 2.45) is 0 Å². The Bertz CT molecular complexity index is 717. The number of ether oxygens (including phenoxy) is 1. The summed E-state index contributed by atoms with van der Waals surface area (Å²) in [4.78, 5) is 15.5. The predicted molar refractivity (Wildman–Crippen MR) is 94.3 cm³/mol. The van der Waals surface area contributed by atoms with Gasteiger partial charge in [-0.05, 0) is 47.7 Å². The SMILES string of the molecule is CSc1ccc(CN(C)C(=O)C2Cc3cc(Cl)ccc3O2)cc1. The van der Waals surface area contributed by atoms with Crippen molar-refractivity contribution in [3.05, 3.63) is 58.6 Å². The predicted octanol–water partition coefficient (Wildman–Crippen LogP) is 4.02. The Morgan fingerprint density at radius 3 is 2.74 bits per heavy atom. The lowest BCUT2D eigenvalue weighted by molar-refractivity contribution is -0.137. The van der Waals surface area contributed by atoms with Crippen molar-refractivity contribution in [1.82, 2.24) is 4.90 Å². The third-order valence-electron chi connectivity index (χ3n) is 3.93. The zero-order valence-corrected chi connectivity index (χ0v) is 14.7. The molecule has 0 aromatic heterocycles. The first-order valence-corrected chi connectivity index (χ1v) is 9.00. The number of hydrogen-bond acceptors (Lipinski definition) is 3. The quantitative estimate of drug-likeness (QED) is 0.782. The summed E-state index contributed by atoms with van der Waals surface area (Å²) in [5.41, 5.74) is 2.10. The highest BCUT2D eigenvalue weighted by atomic mass is 35.5. The zero-order chi connectivity index (χ0) is 16.4. The normalized spacial score (nSPS) is 15.9. The fraction of sp³-hybridized carbons (Fsp3) is 0.278. The van der Waals surface area contributed by atoms with Crippen LogP contribution in [0.5, 0.6) is 5.75 Å². The molecule has 1 aliphatic heterocycles. The summed E-state index contributed by atoms with van der Waals surface area (Å²) in [7, 11) is 1.81. The van der Waals surface area contributed by atoms with Crippen LogP contribution in [0.25, 0.3) is 0 Å². The van der Waals surface area contributed by atoms with Crippen molar-refractivity contribution >= 4 is 29.3 Å². The van der Waals surface area contributed by atoms with Crippen LogP contribution >= 0.6 is 23.4 Å². The van der Waals surface area contributed by atoms with E-state index in [0.717, 1.165) is 16.9 Å². The van der Waals surface area contributed by atoms with Gasteiger partial charge in [0.2, 0.25) is 0 Å². The molecule has 2 aromatic rings. The second-order valence-electron chi connectivity index (χ2n) is 5.61. The summed E-state index contributed by atoms with van der Waals surface area (Å²) in [5.74, 6) is 0.747. The summed E-state index contributed by atoms with van der Waals surface area (Å²) in [5, 5.41) is 0.669. The highest BCUT2D eigenvalue weighted by molar-refractivity contribution is 7.98. The number of thioether (sulfide) groups is 1. The van der Waals surface area contributed by atoms with E-state index in [1.54, 1.807) is 22.7 Å². The number of amides is 1. The van der Waals surface area contributed by atoms with Crippen LogP contribution < -0.4 is 4.74 Å². The molecule has 2 aromatic carbocycles. The van der Waals surface area contributed by atoms with E-state index in [9.17, 15) is 4.79 Å². The first kappa shape index (κ1) is 16.2. The van der Waals surface area contributed by atoms with E-state index in [1.165, 1.54) is 4.90 Å². The Morgan fingerprint density at radius 2 is 2.04 bits per heavy atom. The molecule has 0 aliphatic carbocycles. The van der Waals surface area contributed by atoms with Crippen LogP contribution in [0, 0.1) is 0 Å².